The minimum atomic E-state index is -0.110. The van der Waals surface area contributed by atoms with Crippen molar-refractivity contribution < 1.29 is 9.69 Å². The summed E-state index contributed by atoms with van der Waals surface area (Å²) in [6.45, 7) is 2.83. The van der Waals surface area contributed by atoms with Gasteiger partial charge >= 0.3 is 0 Å². The molecule has 0 aliphatic carbocycles. The molecular formula is C19H21N2OS+. The second-order valence-corrected chi connectivity index (χ2v) is 6.71. The number of hydrogen-bond acceptors (Lipinski definition) is 2. The third-order valence-corrected chi connectivity index (χ3v) is 4.94. The Labute approximate surface area is 140 Å². The van der Waals surface area contributed by atoms with E-state index < -0.39 is 0 Å². The molecule has 3 aromatic rings. The van der Waals surface area contributed by atoms with Gasteiger partial charge in [-0.05, 0) is 46.7 Å². The number of fused-ring (bicyclic) bond motifs is 1. The SMILES string of the molecule is C[C@@H](C(=O)Nc1ccc2ccccc2c1)[NH+](C)Cc1ccsc1. The van der Waals surface area contributed by atoms with Gasteiger partial charge in [-0.1, -0.05) is 30.3 Å². The van der Waals surface area contributed by atoms with Crippen LogP contribution in [0.25, 0.3) is 10.8 Å². The molecule has 23 heavy (non-hydrogen) atoms. The summed E-state index contributed by atoms with van der Waals surface area (Å²) in [5.74, 6) is 0.0491. The third-order valence-electron chi connectivity index (χ3n) is 4.21. The maximum Gasteiger partial charge on any atom is 0.282 e. The molecule has 0 aliphatic rings. The minimum absolute atomic E-state index is 0.0491. The van der Waals surface area contributed by atoms with E-state index in [4.69, 9.17) is 0 Å². The highest BCUT2D eigenvalue weighted by atomic mass is 32.1. The summed E-state index contributed by atoms with van der Waals surface area (Å²) in [6.07, 6.45) is 0. The zero-order valence-corrected chi connectivity index (χ0v) is 14.2. The molecule has 0 aliphatic heterocycles. The van der Waals surface area contributed by atoms with Gasteiger partial charge in [0.05, 0.1) is 7.05 Å². The smallest absolute Gasteiger partial charge is 0.282 e. The zero-order valence-electron chi connectivity index (χ0n) is 13.4. The molecule has 2 aromatic carbocycles. The number of amides is 1. The molecule has 0 spiro atoms. The quantitative estimate of drug-likeness (QED) is 0.743. The molecule has 1 unspecified atom stereocenters. The summed E-state index contributed by atoms with van der Waals surface area (Å²) in [5.41, 5.74) is 2.13. The lowest BCUT2D eigenvalue weighted by molar-refractivity contribution is -0.907. The molecule has 0 radical (unpaired) electrons. The number of thiophene rings is 1. The van der Waals surface area contributed by atoms with Crippen molar-refractivity contribution in [2.24, 2.45) is 0 Å². The average Bonchev–Trinajstić information content (AvgIpc) is 3.07. The maximum absolute atomic E-state index is 12.5. The van der Waals surface area contributed by atoms with Crippen molar-refractivity contribution in [2.45, 2.75) is 19.5 Å². The first kappa shape index (κ1) is 15.7. The molecule has 0 saturated carbocycles. The van der Waals surface area contributed by atoms with Crippen molar-refractivity contribution in [2.75, 3.05) is 12.4 Å². The van der Waals surface area contributed by atoms with Crippen LogP contribution in [-0.2, 0) is 11.3 Å². The molecule has 1 amide bonds. The van der Waals surface area contributed by atoms with E-state index in [0.29, 0.717) is 0 Å². The zero-order chi connectivity index (χ0) is 16.2. The summed E-state index contributed by atoms with van der Waals surface area (Å²) in [6, 6.07) is 16.2. The van der Waals surface area contributed by atoms with E-state index in [1.165, 1.54) is 15.8 Å². The molecule has 0 bridgehead atoms. The van der Waals surface area contributed by atoms with Gasteiger partial charge in [0, 0.05) is 11.3 Å². The number of anilines is 1. The lowest BCUT2D eigenvalue weighted by Crippen LogP contribution is -3.12. The standard InChI is InChI=1S/C19H20N2OS/c1-14(21(2)12-15-9-10-23-13-15)19(22)20-18-8-7-16-5-3-4-6-17(16)11-18/h3-11,13-14H,12H2,1-2H3,(H,20,22)/p+1/t14-/m0/s1. The molecule has 0 fully saturated rings. The number of nitrogens with one attached hydrogen (secondary N) is 2. The van der Waals surface area contributed by atoms with Gasteiger partial charge in [-0.2, -0.15) is 11.3 Å². The largest absolute Gasteiger partial charge is 0.324 e. The summed E-state index contributed by atoms with van der Waals surface area (Å²) in [7, 11) is 2.06. The van der Waals surface area contributed by atoms with E-state index in [0.717, 1.165) is 17.6 Å². The van der Waals surface area contributed by atoms with Gasteiger partial charge in [0.25, 0.3) is 5.91 Å². The lowest BCUT2D eigenvalue weighted by Gasteiger charge is -2.20. The van der Waals surface area contributed by atoms with Crippen LogP contribution in [0.2, 0.25) is 0 Å². The number of likely N-dealkylation sites (N-methyl/N-ethyl adjacent to an activating group) is 1. The second-order valence-electron chi connectivity index (χ2n) is 5.93. The number of rotatable bonds is 5. The minimum Gasteiger partial charge on any atom is -0.324 e. The normalized spacial score (nSPS) is 13.7. The Morgan fingerprint density at radius 1 is 1.17 bits per heavy atom. The van der Waals surface area contributed by atoms with Gasteiger partial charge in [0.15, 0.2) is 6.04 Å². The van der Waals surface area contributed by atoms with E-state index in [9.17, 15) is 4.79 Å². The van der Waals surface area contributed by atoms with Crippen molar-refractivity contribution >= 4 is 33.7 Å². The molecule has 0 saturated heterocycles. The molecule has 2 N–H and O–H groups in total. The summed E-state index contributed by atoms with van der Waals surface area (Å²) >= 11 is 1.69. The number of carbonyl (C=O) groups is 1. The van der Waals surface area contributed by atoms with Crippen LogP contribution in [0.5, 0.6) is 0 Å². The Balaban J connectivity index is 1.66. The molecule has 1 aromatic heterocycles. The third kappa shape index (κ3) is 3.78. The number of benzene rings is 2. The Hall–Kier alpha value is -2.17. The van der Waals surface area contributed by atoms with Gasteiger partial charge in [-0.25, -0.2) is 0 Å². The van der Waals surface area contributed by atoms with E-state index in [1.807, 2.05) is 37.3 Å². The van der Waals surface area contributed by atoms with Crippen LogP contribution in [0, 0.1) is 0 Å². The molecule has 3 nitrogen and oxygen atoms in total. The fourth-order valence-electron chi connectivity index (χ4n) is 2.61. The fraction of sp³-hybridized carbons (Fsp3) is 0.211. The van der Waals surface area contributed by atoms with Crippen LogP contribution in [0.15, 0.2) is 59.3 Å². The topological polar surface area (TPSA) is 33.5 Å². The van der Waals surface area contributed by atoms with E-state index >= 15 is 0 Å². The fourth-order valence-corrected chi connectivity index (χ4v) is 3.28. The van der Waals surface area contributed by atoms with Crippen molar-refractivity contribution in [3.8, 4) is 0 Å². The molecule has 3 rings (SSSR count). The highest BCUT2D eigenvalue weighted by molar-refractivity contribution is 7.07. The van der Waals surface area contributed by atoms with Crippen LogP contribution in [0.1, 0.15) is 12.5 Å². The number of carbonyl (C=O) groups excluding carboxylic acids is 1. The van der Waals surface area contributed by atoms with Crippen LogP contribution >= 0.6 is 11.3 Å². The summed E-state index contributed by atoms with van der Waals surface area (Å²) in [4.78, 5) is 13.7. The molecule has 1 heterocycles. The molecular weight excluding hydrogens is 304 g/mol. The first-order chi connectivity index (χ1) is 11.1. The first-order valence-electron chi connectivity index (χ1n) is 7.76. The van der Waals surface area contributed by atoms with Crippen LogP contribution in [0.4, 0.5) is 5.69 Å². The van der Waals surface area contributed by atoms with Crippen LogP contribution in [0.3, 0.4) is 0 Å². The van der Waals surface area contributed by atoms with Crippen LogP contribution in [-0.4, -0.2) is 19.0 Å². The van der Waals surface area contributed by atoms with Crippen molar-refractivity contribution in [3.05, 3.63) is 64.9 Å². The molecule has 4 heteroatoms. The Morgan fingerprint density at radius 3 is 2.70 bits per heavy atom. The predicted octanol–water partition coefficient (Wildman–Crippen LogP) is 2.94. The average molecular weight is 325 g/mol. The second kappa shape index (κ2) is 6.94. The van der Waals surface area contributed by atoms with Gasteiger partial charge < -0.3 is 10.2 Å². The van der Waals surface area contributed by atoms with Gasteiger partial charge in [-0.3, -0.25) is 4.79 Å². The lowest BCUT2D eigenvalue weighted by atomic mass is 10.1. The first-order valence-corrected chi connectivity index (χ1v) is 8.71. The monoisotopic (exact) mass is 325 g/mol. The Kier molecular flexibility index (Phi) is 4.74. The molecule has 2 atom stereocenters. The predicted molar refractivity (Wildman–Crippen MR) is 96.9 cm³/mol. The number of hydrogen-bond donors (Lipinski definition) is 2. The van der Waals surface area contributed by atoms with E-state index in [2.05, 4.69) is 41.3 Å². The van der Waals surface area contributed by atoms with Gasteiger partial charge in [-0.15, -0.1) is 0 Å². The number of quaternary nitrogens is 1. The van der Waals surface area contributed by atoms with Gasteiger partial charge in [0.1, 0.15) is 6.54 Å². The van der Waals surface area contributed by atoms with Crippen molar-refractivity contribution in [3.63, 3.8) is 0 Å². The Bertz CT molecular complexity index is 798. The van der Waals surface area contributed by atoms with Gasteiger partial charge in [0.2, 0.25) is 0 Å². The highest BCUT2D eigenvalue weighted by Gasteiger charge is 2.22. The van der Waals surface area contributed by atoms with Crippen molar-refractivity contribution in [1.82, 2.24) is 0 Å². The molecule has 118 valence electrons. The van der Waals surface area contributed by atoms with E-state index in [1.54, 1.807) is 11.3 Å². The highest BCUT2D eigenvalue weighted by Crippen LogP contribution is 2.18. The maximum atomic E-state index is 12.5. The van der Waals surface area contributed by atoms with Crippen molar-refractivity contribution in [1.29, 1.82) is 0 Å². The Morgan fingerprint density at radius 2 is 1.96 bits per heavy atom. The van der Waals surface area contributed by atoms with Crippen LogP contribution < -0.4 is 10.2 Å². The summed E-state index contributed by atoms with van der Waals surface area (Å²) < 4.78 is 0. The summed E-state index contributed by atoms with van der Waals surface area (Å²) in [5, 5.41) is 9.56. The van der Waals surface area contributed by atoms with E-state index in [-0.39, 0.29) is 11.9 Å².